The molecule has 0 rings (SSSR count). The SMILES string of the molecule is CSCC[C@H](N)C(=O)N(CCC#N)C(C)C. The van der Waals surface area contributed by atoms with E-state index in [0.717, 1.165) is 5.75 Å². The average Bonchev–Trinajstić information content (AvgIpc) is 2.25. The Hall–Kier alpha value is -0.730. The molecule has 0 saturated carbocycles. The predicted octanol–water partition coefficient (Wildman–Crippen LogP) is 1.22. The van der Waals surface area contributed by atoms with E-state index in [-0.39, 0.29) is 11.9 Å². The molecule has 0 saturated heterocycles. The Morgan fingerprint density at radius 1 is 1.56 bits per heavy atom. The number of nitrogens with zero attached hydrogens (tertiary/aromatic N) is 2. The summed E-state index contributed by atoms with van der Waals surface area (Å²) in [5, 5.41) is 8.54. The van der Waals surface area contributed by atoms with Crippen LogP contribution in [0.1, 0.15) is 26.7 Å². The van der Waals surface area contributed by atoms with Crippen LogP contribution in [0.2, 0.25) is 0 Å². The molecule has 1 amide bonds. The van der Waals surface area contributed by atoms with Crippen LogP contribution in [0.15, 0.2) is 0 Å². The summed E-state index contributed by atoms with van der Waals surface area (Å²) in [5.74, 6) is 0.844. The maximum Gasteiger partial charge on any atom is 0.239 e. The molecule has 92 valence electrons. The van der Waals surface area contributed by atoms with Gasteiger partial charge in [0.2, 0.25) is 5.91 Å². The van der Waals surface area contributed by atoms with Gasteiger partial charge >= 0.3 is 0 Å². The second-order valence-corrected chi connectivity index (χ2v) is 4.91. The molecular formula is C11H21N3OS. The first kappa shape index (κ1) is 15.3. The quantitative estimate of drug-likeness (QED) is 0.730. The Morgan fingerprint density at radius 3 is 2.62 bits per heavy atom. The van der Waals surface area contributed by atoms with Crippen LogP contribution in [0, 0.1) is 11.3 Å². The lowest BCUT2D eigenvalue weighted by molar-refractivity contribution is -0.134. The molecule has 0 aliphatic heterocycles. The highest BCUT2D eigenvalue weighted by Crippen LogP contribution is 2.06. The highest BCUT2D eigenvalue weighted by molar-refractivity contribution is 7.98. The Kier molecular flexibility index (Phi) is 8.04. The average molecular weight is 243 g/mol. The molecule has 0 aromatic carbocycles. The van der Waals surface area contributed by atoms with Gasteiger partial charge in [0.25, 0.3) is 0 Å². The molecule has 4 nitrogen and oxygen atoms in total. The topological polar surface area (TPSA) is 70.1 Å². The van der Waals surface area contributed by atoms with Gasteiger partial charge in [0, 0.05) is 12.6 Å². The summed E-state index contributed by atoms with van der Waals surface area (Å²) >= 11 is 1.68. The fourth-order valence-corrected chi connectivity index (χ4v) is 1.86. The van der Waals surface area contributed by atoms with Crippen LogP contribution in [0.3, 0.4) is 0 Å². The van der Waals surface area contributed by atoms with Crippen LogP contribution in [-0.4, -0.2) is 41.4 Å². The van der Waals surface area contributed by atoms with E-state index < -0.39 is 6.04 Å². The van der Waals surface area contributed by atoms with Gasteiger partial charge in [0.1, 0.15) is 0 Å². The van der Waals surface area contributed by atoms with Crippen molar-refractivity contribution >= 4 is 17.7 Å². The van der Waals surface area contributed by atoms with Crippen LogP contribution >= 0.6 is 11.8 Å². The summed E-state index contributed by atoms with van der Waals surface area (Å²) in [6, 6.07) is 1.71. The van der Waals surface area contributed by atoms with Gasteiger partial charge in [-0.3, -0.25) is 4.79 Å². The van der Waals surface area contributed by atoms with Gasteiger partial charge in [0.05, 0.1) is 18.5 Å². The number of hydrogen-bond donors (Lipinski definition) is 1. The molecule has 0 fully saturated rings. The van der Waals surface area contributed by atoms with Crippen LogP contribution < -0.4 is 5.73 Å². The Bertz CT molecular complexity index is 250. The van der Waals surface area contributed by atoms with Crippen molar-refractivity contribution in [2.24, 2.45) is 5.73 Å². The van der Waals surface area contributed by atoms with E-state index in [9.17, 15) is 4.79 Å². The molecule has 0 heterocycles. The monoisotopic (exact) mass is 243 g/mol. The van der Waals surface area contributed by atoms with Gasteiger partial charge in [-0.25, -0.2) is 0 Å². The van der Waals surface area contributed by atoms with Crippen LogP contribution in [-0.2, 0) is 4.79 Å². The molecule has 0 bridgehead atoms. The second kappa shape index (κ2) is 8.43. The number of hydrogen-bond acceptors (Lipinski definition) is 4. The minimum absolute atomic E-state index is 0.0423. The van der Waals surface area contributed by atoms with Crippen LogP contribution in [0.4, 0.5) is 0 Å². The molecule has 1 atom stereocenters. The van der Waals surface area contributed by atoms with Gasteiger partial charge in [-0.2, -0.15) is 17.0 Å². The van der Waals surface area contributed by atoms with E-state index in [4.69, 9.17) is 11.0 Å². The Balaban J connectivity index is 4.31. The van der Waals surface area contributed by atoms with Crippen molar-refractivity contribution < 1.29 is 4.79 Å². The molecule has 0 unspecified atom stereocenters. The van der Waals surface area contributed by atoms with Gasteiger partial charge in [-0.05, 0) is 32.3 Å². The molecule has 0 aliphatic carbocycles. The van der Waals surface area contributed by atoms with Crippen molar-refractivity contribution in [3.8, 4) is 6.07 Å². The lowest BCUT2D eigenvalue weighted by Gasteiger charge is -2.28. The molecule has 0 aromatic heterocycles. The summed E-state index contributed by atoms with van der Waals surface area (Å²) in [4.78, 5) is 13.7. The zero-order chi connectivity index (χ0) is 12.6. The van der Waals surface area contributed by atoms with E-state index in [1.807, 2.05) is 20.1 Å². The molecule has 2 N–H and O–H groups in total. The number of rotatable bonds is 7. The lowest BCUT2D eigenvalue weighted by Crippen LogP contribution is -2.47. The number of thioether (sulfide) groups is 1. The van der Waals surface area contributed by atoms with E-state index in [1.165, 1.54) is 0 Å². The zero-order valence-electron chi connectivity index (χ0n) is 10.3. The molecule has 16 heavy (non-hydrogen) atoms. The third kappa shape index (κ3) is 5.38. The first-order valence-corrected chi connectivity index (χ1v) is 6.86. The Morgan fingerprint density at radius 2 is 2.19 bits per heavy atom. The third-order valence-electron chi connectivity index (χ3n) is 2.32. The van der Waals surface area contributed by atoms with E-state index in [2.05, 4.69) is 6.07 Å². The van der Waals surface area contributed by atoms with Gasteiger partial charge in [-0.15, -0.1) is 0 Å². The van der Waals surface area contributed by atoms with Crippen molar-refractivity contribution in [3.63, 3.8) is 0 Å². The zero-order valence-corrected chi connectivity index (χ0v) is 11.1. The first-order chi connectivity index (χ1) is 7.54. The first-order valence-electron chi connectivity index (χ1n) is 5.46. The lowest BCUT2D eigenvalue weighted by atomic mass is 10.1. The van der Waals surface area contributed by atoms with Crippen molar-refractivity contribution in [3.05, 3.63) is 0 Å². The van der Waals surface area contributed by atoms with E-state index >= 15 is 0 Å². The van der Waals surface area contributed by atoms with E-state index in [1.54, 1.807) is 16.7 Å². The van der Waals surface area contributed by atoms with Crippen molar-refractivity contribution in [1.29, 1.82) is 5.26 Å². The molecule has 0 aromatic rings. The van der Waals surface area contributed by atoms with Gasteiger partial charge < -0.3 is 10.6 Å². The summed E-state index contributed by atoms with van der Waals surface area (Å²) in [7, 11) is 0. The summed E-state index contributed by atoms with van der Waals surface area (Å²) in [6.45, 7) is 4.35. The number of carbonyl (C=O) groups excluding carboxylic acids is 1. The van der Waals surface area contributed by atoms with E-state index in [0.29, 0.717) is 19.4 Å². The van der Waals surface area contributed by atoms with Gasteiger partial charge in [-0.1, -0.05) is 0 Å². The number of amides is 1. The normalized spacial score (nSPS) is 12.2. The largest absolute Gasteiger partial charge is 0.338 e. The number of nitriles is 1. The summed E-state index contributed by atoms with van der Waals surface area (Å²) < 4.78 is 0. The highest BCUT2D eigenvalue weighted by Gasteiger charge is 2.22. The molecule has 0 aliphatic rings. The second-order valence-electron chi connectivity index (χ2n) is 3.92. The minimum atomic E-state index is -0.437. The fourth-order valence-electron chi connectivity index (χ4n) is 1.37. The van der Waals surface area contributed by atoms with Crippen molar-refractivity contribution in [2.45, 2.75) is 38.8 Å². The standard InChI is InChI=1S/C11H21N3OS/c1-9(2)14(7-4-6-12)11(15)10(13)5-8-16-3/h9-10H,4-5,7-8,13H2,1-3H3/t10-/m0/s1. The fraction of sp³-hybridized carbons (Fsp3) is 0.818. The smallest absolute Gasteiger partial charge is 0.239 e. The molecule has 0 radical (unpaired) electrons. The summed E-state index contributed by atoms with van der Waals surface area (Å²) in [6.07, 6.45) is 3.04. The van der Waals surface area contributed by atoms with Crippen LogP contribution in [0.5, 0.6) is 0 Å². The third-order valence-corrected chi connectivity index (χ3v) is 2.97. The van der Waals surface area contributed by atoms with Crippen LogP contribution in [0.25, 0.3) is 0 Å². The predicted molar refractivity (Wildman–Crippen MR) is 68.1 cm³/mol. The molecular weight excluding hydrogens is 222 g/mol. The van der Waals surface area contributed by atoms with Crippen molar-refractivity contribution in [2.75, 3.05) is 18.6 Å². The number of carbonyl (C=O) groups is 1. The minimum Gasteiger partial charge on any atom is -0.338 e. The van der Waals surface area contributed by atoms with Crippen molar-refractivity contribution in [1.82, 2.24) is 4.90 Å². The maximum absolute atomic E-state index is 12.0. The maximum atomic E-state index is 12.0. The molecule has 0 spiro atoms. The number of nitrogens with two attached hydrogens (primary N) is 1. The molecule has 5 heteroatoms. The van der Waals surface area contributed by atoms with Gasteiger partial charge in [0.15, 0.2) is 0 Å². The summed E-state index contributed by atoms with van der Waals surface area (Å²) in [5.41, 5.74) is 5.83. The highest BCUT2D eigenvalue weighted by atomic mass is 32.2. The Labute approximate surface area is 102 Å².